The Balaban J connectivity index is 3.63. The summed E-state index contributed by atoms with van der Waals surface area (Å²) in [5.41, 5.74) is 0. The van der Waals surface area contributed by atoms with E-state index in [9.17, 15) is 0 Å². The summed E-state index contributed by atoms with van der Waals surface area (Å²) in [5, 5.41) is 0. The van der Waals surface area contributed by atoms with Crippen LogP contribution in [0.2, 0.25) is 0 Å². The van der Waals surface area contributed by atoms with E-state index in [0.29, 0.717) is 0 Å². The molecule has 0 fully saturated rings. The van der Waals surface area contributed by atoms with Gasteiger partial charge in [-0.2, -0.15) is 11.5 Å². The highest BCUT2D eigenvalue weighted by Crippen LogP contribution is 1.92. The number of hydrogen-bond donors (Lipinski definition) is 0. The van der Waals surface area contributed by atoms with Crippen LogP contribution in [0, 0.1) is 0 Å². The van der Waals surface area contributed by atoms with Gasteiger partial charge in [0.1, 0.15) is 0 Å². The second-order valence-corrected chi connectivity index (χ2v) is 4.09. The van der Waals surface area contributed by atoms with E-state index in [1.165, 1.54) is 0 Å². The van der Waals surface area contributed by atoms with Gasteiger partial charge in [-0.1, -0.05) is 13.8 Å². The fourth-order valence-electron chi connectivity index (χ4n) is 1.40. The Bertz CT molecular complexity index is 109. The third kappa shape index (κ3) is 6.98. The van der Waals surface area contributed by atoms with Crippen molar-refractivity contribution in [2.45, 2.75) is 13.8 Å². The normalized spacial score (nSPS) is 11.6. The number of nitrogens with zero attached hydrogens (tertiary/aromatic N) is 2. The minimum absolute atomic E-state index is 0.834. The van der Waals surface area contributed by atoms with Gasteiger partial charge in [0.2, 0.25) is 0 Å². The van der Waals surface area contributed by atoms with Crippen LogP contribution in [0.3, 0.4) is 0 Å². The molecule has 0 amide bonds. The van der Waals surface area contributed by atoms with Crippen molar-refractivity contribution >= 4 is 25.3 Å². The molecule has 0 N–H and O–H groups in total. The van der Waals surface area contributed by atoms with E-state index < -0.39 is 0 Å². The predicted molar refractivity (Wildman–Crippen MR) is 68.7 cm³/mol. The summed E-state index contributed by atoms with van der Waals surface area (Å²) >= 11 is 9.96. The van der Waals surface area contributed by atoms with Crippen LogP contribution in [-0.2, 0) is 25.3 Å². The van der Waals surface area contributed by atoms with Crippen molar-refractivity contribution < 1.29 is 0 Å². The predicted octanol–water partition coefficient (Wildman–Crippen LogP) is 0.724. The quantitative estimate of drug-likeness (QED) is 0.542. The molecular formula is C10H22N2S2-2. The minimum atomic E-state index is 0.834. The first-order valence-corrected chi connectivity index (χ1v) is 6.54. The van der Waals surface area contributed by atoms with Crippen molar-refractivity contribution in [3.63, 3.8) is 0 Å². The topological polar surface area (TPSA) is 6.48 Å². The first-order valence-electron chi connectivity index (χ1n) is 5.39. The van der Waals surface area contributed by atoms with Gasteiger partial charge in [0.15, 0.2) is 0 Å². The highest BCUT2D eigenvalue weighted by atomic mass is 32.1. The van der Waals surface area contributed by atoms with E-state index in [2.05, 4.69) is 23.6 Å². The van der Waals surface area contributed by atoms with E-state index in [-0.39, 0.29) is 0 Å². The van der Waals surface area contributed by atoms with E-state index in [1.54, 1.807) is 0 Å². The number of rotatable bonds is 9. The molecule has 0 unspecified atom stereocenters. The lowest BCUT2D eigenvalue weighted by Gasteiger charge is -2.27. The van der Waals surface area contributed by atoms with Gasteiger partial charge in [-0.25, -0.2) is 0 Å². The zero-order valence-electron chi connectivity index (χ0n) is 9.37. The smallest absolute Gasteiger partial charge is 0.0108 e. The monoisotopic (exact) mass is 234 g/mol. The molecular weight excluding hydrogens is 212 g/mol. The number of likely N-dealkylation sites (N-methyl/N-ethyl adjacent to an activating group) is 2. The van der Waals surface area contributed by atoms with Gasteiger partial charge in [0, 0.05) is 13.1 Å². The molecule has 0 aliphatic rings. The van der Waals surface area contributed by atoms with Crippen LogP contribution in [-0.4, -0.2) is 60.6 Å². The molecule has 0 rings (SSSR count). The molecule has 14 heavy (non-hydrogen) atoms. The van der Waals surface area contributed by atoms with Crippen LogP contribution in [0.5, 0.6) is 0 Å². The van der Waals surface area contributed by atoms with Gasteiger partial charge < -0.3 is 35.1 Å². The maximum Gasteiger partial charge on any atom is 0.0108 e. The van der Waals surface area contributed by atoms with Crippen molar-refractivity contribution in [2.75, 3.05) is 50.8 Å². The van der Waals surface area contributed by atoms with Crippen LogP contribution in [0.4, 0.5) is 0 Å². The Morgan fingerprint density at radius 1 is 0.714 bits per heavy atom. The lowest BCUT2D eigenvalue weighted by molar-refractivity contribution is 0.229. The molecule has 0 bridgehead atoms. The molecule has 0 saturated heterocycles. The molecule has 0 heterocycles. The van der Waals surface area contributed by atoms with Crippen LogP contribution in [0.15, 0.2) is 0 Å². The van der Waals surface area contributed by atoms with Crippen molar-refractivity contribution in [3.8, 4) is 0 Å². The molecule has 4 heteroatoms. The molecule has 0 saturated carbocycles. The van der Waals surface area contributed by atoms with Crippen LogP contribution in [0.25, 0.3) is 0 Å². The molecule has 2 nitrogen and oxygen atoms in total. The maximum atomic E-state index is 4.98. The molecule has 0 radical (unpaired) electrons. The van der Waals surface area contributed by atoms with Gasteiger partial charge >= 0.3 is 0 Å². The molecule has 0 aliphatic carbocycles. The zero-order chi connectivity index (χ0) is 10.8. The highest BCUT2D eigenvalue weighted by Gasteiger charge is 2.02. The van der Waals surface area contributed by atoms with Crippen molar-refractivity contribution in [1.82, 2.24) is 9.80 Å². The Hall–Kier alpha value is 0.620. The molecule has 0 aliphatic heterocycles. The average Bonchev–Trinajstić information content (AvgIpc) is 2.22. The van der Waals surface area contributed by atoms with Gasteiger partial charge in [-0.15, -0.1) is 0 Å². The molecule has 0 aromatic rings. The fourth-order valence-corrected chi connectivity index (χ4v) is 1.91. The van der Waals surface area contributed by atoms with E-state index >= 15 is 0 Å². The highest BCUT2D eigenvalue weighted by molar-refractivity contribution is 7.58. The summed E-state index contributed by atoms with van der Waals surface area (Å²) in [6, 6.07) is 0. The third-order valence-electron chi connectivity index (χ3n) is 2.44. The molecule has 0 atom stereocenters. The zero-order valence-corrected chi connectivity index (χ0v) is 11.0. The molecule has 86 valence electrons. The van der Waals surface area contributed by atoms with Crippen LogP contribution >= 0.6 is 0 Å². The number of hydrogen-bond acceptors (Lipinski definition) is 4. The summed E-state index contributed by atoms with van der Waals surface area (Å²) in [6.07, 6.45) is 0. The maximum absolute atomic E-state index is 4.98. The van der Waals surface area contributed by atoms with Crippen molar-refractivity contribution in [3.05, 3.63) is 0 Å². The first kappa shape index (κ1) is 14.6. The molecule has 0 spiro atoms. The Morgan fingerprint density at radius 3 is 1.29 bits per heavy atom. The van der Waals surface area contributed by atoms with Gasteiger partial charge in [-0.05, 0) is 26.2 Å². The standard InChI is InChI=1S/C10H24N2S2/c1-3-11(7-9-13)5-6-12(4-2)8-10-14/h13-14H,3-10H2,1-2H3/p-2. The third-order valence-corrected chi connectivity index (χ3v) is 2.81. The Kier molecular flexibility index (Phi) is 10.6. The van der Waals surface area contributed by atoms with E-state index in [4.69, 9.17) is 25.3 Å². The average molecular weight is 234 g/mol. The minimum Gasteiger partial charge on any atom is -0.791 e. The largest absolute Gasteiger partial charge is 0.791 e. The van der Waals surface area contributed by atoms with E-state index in [0.717, 1.165) is 50.8 Å². The summed E-state index contributed by atoms with van der Waals surface area (Å²) in [4.78, 5) is 4.80. The van der Waals surface area contributed by atoms with Gasteiger partial charge in [0.05, 0.1) is 0 Å². The Labute approximate surface area is 99.9 Å². The summed E-state index contributed by atoms with van der Waals surface area (Å²) in [5.74, 6) is 1.67. The lowest BCUT2D eigenvalue weighted by atomic mass is 10.4. The Morgan fingerprint density at radius 2 is 1.07 bits per heavy atom. The van der Waals surface area contributed by atoms with Crippen molar-refractivity contribution in [1.29, 1.82) is 0 Å². The second kappa shape index (κ2) is 10.1. The molecule has 0 aromatic heterocycles. The summed E-state index contributed by atoms with van der Waals surface area (Å²) < 4.78 is 0. The van der Waals surface area contributed by atoms with Crippen molar-refractivity contribution in [2.24, 2.45) is 0 Å². The first-order chi connectivity index (χ1) is 6.78. The van der Waals surface area contributed by atoms with E-state index in [1.807, 2.05) is 0 Å². The SMILES string of the molecule is CCN(CC[S-])CCN(CC)CC[S-]. The second-order valence-electron chi connectivity index (χ2n) is 3.28. The van der Waals surface area contributed by atoms with Crippen LogP contribution < -0.4 is 0 Å². The summed E-state index contributed by atoms with van der Waals surface area (Å²) in [7, 11) is 0. The fraction of sp³-hybridized carbons (Fsp3) is 1.00. The van der Waals surface area contributed by atoms with Crippen LogP contribution in [0.1, 0.15) is 13.8 Å². The van der Waals surface area contributed by atoms with Gasteiger partial charge in [0.25, 0.3) is 0 Å². The lowest BCUT2D eigenvalue weighted by Crippen LogP contribution is -2.37. The summed E-state index contributed by atoms with van der Waals surface area (Å²) in [6.45, 7) is 10.9. The molecule has 0 aromatic carbocycles. The van der Waals surface area contributed by atoms with Gasteiger partial charge in [-0.3, -0.25) is 0 Å².